The predicted molar refractivity (Wildman–Crippen MR) is 106 cm³/mol. The lowest BCUT2D eigenvalue weighted by atomic mass is 9.71. The van der Waals surface area contributed by atoms with Crippen molar-refractivity contribution in [3.8, 4) is 0 Å². The molecule has 0 radical (unpaired) electrons. The molecule has 1 saturated carbocycles. The van der Waals surface area contributed by atoms with Gasteiger partial charge in [0.1, 0.15) is 0 Å². The Balaban J connectivity index is 2.06. The summed E-state index contributed by atoms with van der Waals surface area (Å²) in [5, 5.41) is 10.9. The standard InChI is InChI=1S/C21H36O3Si/c1-20(2,3)25(5,6)24-19-14-10-13-18(22)21(19,4)16-23-15-17-11-8-7-9-12-17/h7-9,11-12,18-19,22H,10,13-16H2,1-6H3/t18-,19-,21+/m1/s1. The highest BCUT2D eigenvalue weighted by molar-refractivity contribution is 6.74. The Kier molecular flexibility index (Phi) is 6.53. The molecule has 1 aliphatic rings. The molecule has 1 aliphatic carbocycles. The van der Waals surface area contributed by atoms with Crippen LogP contribution in [0.15, 0.2) is 30.3 Å². The Morgan fingerprint density at radius 3 is 2.40 bits per heavy atom. The molecule has 0 unspecified atom stereocenters. The highest BCUT2D eigenvalue weighted by atomic mass is 28.4. The van der Waals surface area contributed by atoms with Crippen LogP contribution in [0.2, 0.25) is 18.1 Å². The van der Waals surface area contributed by atoms with E-state index in [-0.39, 0.29) is 22.7 Å². The normalized spacial score (nSPS) is 28.1. The van der Waals surface area contributed by atoms with E-state index in [9.17, 15) is 5.11 Å². The molecule has 0 aliphatic heterocycles. The molecule has 1 N–H and O–H groups in total. The molecular formula is C21H36O3Si. The molecule has 4 heteroatoms. The number of hydrogen-bond donors (Lipinski definition) is 1. The summed E-state index contributed by atoms with van der Waals surface area (Å²) in [5.41, 5.74) is 0.820. The van der Waals surface area contributed by atoms with Gasteiger partial charge in [-0.2, -0.15) is 0 Å². The molecule has 3 nitrogen and oxygen atoms in total. The van der Waals surface area contributed by atoms with Gasteiger partial charge in [0.05, 0.1) is 25.4 Å². The summed E-state index contributed by atoms with van der Waals surface area (Å²) < 4.78 is 12.8. The molecule has 1 fully saturated rings. The van der Waals surface area contributed by atoms with Crippen LogP contribution in [0.1, 0.15) is 52.5 Å². The van der Waals surface area contributed by atoms with E-state index in [0.29, 0.717) is 13.2 Å². The van der Waals surface area contributed by atoms with Crippen LogP contribution in [0.3, 0.4) is 0 Å². The number of aliphatic hydroxyl groups is 1. The summed E-state index contributed by atoms with van der Waals surface area (Å²) in [4.78, 5) is 0. The number of aliphatic hydroxyl groups excluding tert-OH is 1. The van der Waals surface area contributed by atoms with E-state index in [4.69, 9.17) is 9.16 Å². The lowest BCUT2D eigenvalue weighted by molar-refractivity contribution is -0.124. The lowest BCUT2D eigenvalue weighted by Gasteiger charge is -2.49. The molecule has 0 saturated heterocycles. The molecular weight excluding hydrogens is 328 g/mol. The number of rotatable bonds is 6. The summed E-state index contributed by atoms with van der Waals surface area (Å²) >= 11 is 0. The molecule has 0 amide bonds. The summed E-state index contributed by atoms with van der Waals surface area (Å²) in [6.07, 6.45) is 2.56. The van der Waals surface area contributed by atoms with E-state index in [1.807, 2.05) is 18.2 Å². The number of ether oxygens (including phenoxy) is 1. The maximum atomic E-state index is 10.8. The first-order valence-corrected chi connectivity index (χ1v) is 12.4. The Bertz CT molecular complexity index is 538. The van der Waals surface area contributed by atoms with Crippen LogP contribution in [0, 0.1) is 5.41 Å². The van der Waals surface area contributed by atoms with Crippen LogP contribution in [-0.2, 0) is 15.8 Å². The summed E-state index contributed by atoms with van der Waals surface area (Å²) in [7, 11) is -1.88. The Labute approximate surface area is 154 Å². The third-order valence-electron chi connectivity index (χ3n) is 6.21. The van der Waals surface area contributed by atoms with E-state index in [1.54, 1.807) is 0 Å². The first-order chi connectivity index (χ1) is 11.6. The van der Waals surface area contributed by atoms with Crippen molar-refractivity contribution in [1.82, 2.24) is 0 Å². The van der Waals surface area contributed by atoms with E-state index in [1.165, 1.54) is 5.56 Å². The topological polar surface area (TPSA) is 38.7 Å². The van der Waals surface area contributed by atoms with Gasteiger partial charge in [-0.1, -0.05) is 58.0 Å². The first-order valence-electron chi connectivity index (χ1n) is 9.54. The van der Waals surface area contributed by atoms with Gasteiger partial charge in [-0.3, -0.25) is 0 Å². The molecule has 0 spiro atoms. The summed E-state index contributed by atoms with van der Waals surface area (Å²) in [6.45, 7) is 14.6. The van der Waals surface area contributed by atoms with Crippen LogP contribution < -0.4 is 0 Å². The molecule has 1 aromatic carbocycles. The third-order valence-corrected chi connectivity index (χ3v) is 10.7. The summed E-state index contributed by atoms with van der Waals surface area (Å²) in [5.74, 6) is 0. The van der Waals surface area contributed by atoms with E-state index in [2.05, 4.69) is 52.9 Å². The highest BCUT2D eigenvalue weighted by Gasteiger charge is 2.49. The fraction of sp³-hybridized carbons (Fsp3) is 0.714. The molecule has 0 heterocycles. The van der Waals surface area contributed by atoms with Crippen molar-refractivity contribution < 1.29 is 14.3 Å². The van der Waals surface area contributed by atoms with Crippen LogP contribution in [0.4, 0.5) is 0 Å². The van der Waals surface area contributed by atoms with E-state index >= 15 is 0 Å². The van der Waals surface area contributed by atoms with Crippen LogP contribution in [0.5, 0.6) is 0 Å². The quantitative estimate of drug-likeness (QED) is 0.710. The maximum Gasteiger partial charge on any atom is 0.192 e. The average Bonchev–Trinajstić information content (AvgIpc) is 2.52. The Hall–Kier alpha value is -0.683. The molecule has 3 atom stereocenters. The SMILES string of the molecule is CC(C)(C)[Si](C)(C)O[C@@H]1CCC[C@@H](O)[C@]1(C)COCc1ccccc1. The van der Waals surface area contributed by atoms with Crippen LogP contribution in [0.25, 0.3) is 0 Å². The van der Waals surface area contributed by atoms with Gasteiger partial charge >= 0.3 is 0 Å². The van der Waals surface area contributed by atoms with Gasteiger partial charge in [-0.15, -0.1) is 0 Å². The van der Waals surface area contributed by atoms with Crippen molar-refractivity contribution in [2.75, 3.05) is 6.61 Å². The largest absolute Gasteiger partial charge is 0.413 e. The molecule has 1 aromatic rings. The predicted octanol–water partition coefficient (Wildman–Crippen LogP) is 5.14. The molecule has 2 rings (SSSR count). The molecule has 0 aromatic heterocycles. The minimum absolute atomic E-state index is 0.0629. The van der Waals surface area contributed by atoms with Gasteiger partial charge in [-0.05, 0) is 43.0 Å². The first kappa shape index (κ1) is 20.6. The monoisotopic (exact) mass is 364 g/mol. The smallest absolute Gasteiger partial charge is 0.192 e. The zero-order chi connectivity index (χ0) is 18.7. The van der Waals surface area contributed by atoms with Gasteiger partial charge in [0.15, 0.2) is 8.32 Å². The van der Waals surface area contributed by atoms with Crippen molar-refractivity contribution in [3.05, 3.63) is 35.9 Å². The van der Waals surface area contributed by atoms with Crippen molar-refractivity contribution in [1.29, 1.82) is 0 Å². The minimum atomic E-state index is -1.88. The van der Waals surface area contributed by atoms with Crippen LogP contribution in [-0.4, -0.2) is 32.2 Å². The second-order valence-electron chi connectivity index (χ2n) is 9.30. The highest BCUT2D eigenvalue weighted by Crippen LogP contribution is 2.44. The fourth-order valence-electron chi connectivity index (χ4n) is 3.25. The van der Waals surface area contributed by atoms with Gasteiger partial charge in [0.25, 0.3) is 0 Å². The second kappa shape index (κ2) is 7.91. The average molecular weight is 365 g/mol. The number of hydrogen-bond acceptors (Lipinski definition) is 3. The molecule has 142 valence electrons. The zero-order valence-corrected chi connectivity index (χ0v) is 17.8. The van der Waals surface area contributed by atoms with Gasteiger partial charge in [0.2, 0.25) is 0 Å². The van der Waals surface area contributed by atoms with E-state index in [0.717, 1.165) is 19.3 Å². The molecule has 25 heavy (non-hydrogen) atoms. The Morgan fingerprint density at radius 2 is 1.80 bits per heavy atom. The summed E-state index contributed by atoms with van der Waals surface area (Å²) in [6, 6.07) is 10.2. The van der Waals surface area contributed by atoms with Crippen molar-refractivity contribution in [2.45, 2.75) is 83.9 Å². The maximum absolute atomic E-state index is 10.8. The van der Waals surface area contributed by atoms with Crippen molar-refractivity contribution >= 4 is 8.32 Å². The lowest BCUT2D eigenvalue weighted by Crippen LogP contribution is -2.55. The zero-order valence-electron chi connectivity index (χ0n) is 16.8. The fourth-order valence-corrected chi connectivity index (χ4v) is 4.70. The van der Waals surface area contributed by atoms with E-state index < -0.39 is 8.32 Å². The van der Waals surface area contributed by atoms with Crippen molar-refractivity contribution in [2.24, 2.45) is 5.41 Å². The Morgan fingerprint density at radius 1 is 1.16 bits per heavy atom. The number of benzene rings is 1. The van der Waals surface area contributed by atoms with Gasteiger partial charge < -0.3 is 14.3 Å². The third kappa shape index (κ3) is 4.94. The molecule has 0 bridgehead atoms. The minimum Gasteiger partial charge on any atom is -0.413 e. The second-order valence-corrected chi connectivity index (χ2v) is 14.1. The van der Waals surface area contributed by atoms with Gasteiger partial charge in [0, 0.05) is 5.41 Å². The van der Waals surface area contributed by atoms with Gasteiger partial charge in [-0.25, -0.2) is 0 Å². The van der Waals surface area contributed by atoms with Crippen LogP contribution >= 0.6 is 0 Å². The van der Waals surface area contributed by atoms with Crippen molar-refractivity contribution in [3.63, 3.8) is 0 Å².